The van der Waals surface area contributed by atoms with Gasteiger partial charge in [0, 0.05) is 12.2 Å². The minimum atomic E-state index is -0.586. The summed E-state index contributed by atoms with van der Waals surface area (Å²) in [5.41, 5.74) is 1.68. The highest BCUT2D eigenvalue weighted by molar-refractivity contribution is 5.86. The van der Waals surface area contributed by atoms with E-state index in [4.69, 9.17) is 9.47 Å². The van der Waals surface area contributed by atoms with Gasteiger partial charge in [-0.05, 0) is 51.0 Å². The predicted octanol–water partition coefficient (Wildman–Crippen LogP) is 4.17. The molecule has 0 radical (unpaired) electrons. The second kappa shape index (κ2) is 11.2. The number of carbonyl (C=O) groups is 3. The average molecular weight is 427 g/mol. The zero-order valence-corrected chi connectivity index (χ0v) is 18.5. The first-order valence-corrected chi connectivity index (χ1v) is 10.2. The molecule has 0 fully saturated rings. The molecule has 7 heteroatoms. The van der Waals surface area contributed by atoms with Gasteiger partial charge in [-0.1, -0.05) is 42.5 Å². The van der Waals surface area contributed by atoms with Crippen LogP contribution in [0, 0.1) is 0 Å². The Morgan fingerprint density at radius 1 is 0.935 bits per heavy atom. The third-order valence-electron chi connectivity index (χ3n) is 4.15. The lowest BCUT2D eigenvalue weighted by molar-refractivity contribution is -0.149. The van der Waals surface area contributed by atoms with Crippen LogP contribution in [0.15, 0.2) is 54.6 Å². The molecule has 0 heterocycles. The highest BCUT2D eigenvalue weighted by Crippen LogP contribution is 2.15. The molecule has 2 amide bonds. The van der Waals surface area contributed by atoms with Crippen LogP contribution in [0.5, 0.6) is 0 Å². The Morgan fingerprint density at radius 2 is 1.58 bits per heavy atom. The molecule has 0 spiro atoms. The minimum absolute atomic E-state index is 0.111. The van der Waals surface area contributed by atoms with E-state index in [1.54, 1.807) is 52.0 Å². The fraction of sp³-hybridized carbons (Fsp3) is 0.375. The van der Waals surface area contributed by atoms with Gasteiger partial charge in [-0.15, -0.1) is 0 Å². The second-order valence-electron chi connectivity index (χ2n) is 8.04. The van der Waals surface area contributed by atoms with Gasteiger partial charge in [0.15, 0.2) is 0 Å². The van der Waals surface area contributed by atoms with Crippen molar-refractivity contribution in [3.05, 3.63) is 65.7 Å². The van der Waals surface area contributed by atoms with Crippen molar-refractivity contribution in [2.24, 2.45) is 0 Å². The third kappa shape index (κ3) is 8.90. The Hall–Kier alpha value is -3.35. The van der Waals surface area contributed by atoms with Crippen molar-refractivity contribution < 1.29 is 23.9 Å². The summed E-state index contributed by atoms with van der Waals surface area (Å²) < 4.78 is 10.2. The van der Waals surface area contributed by atoms with Crippen molar-refractivity contribution in [2.45, 2.75) is 46.3 Å². The normalized spacial score (nSPS) is 10.8. The van der Waals surface area contributed by atoms with E-state index in [2.05, 4.69) is 5.32 Å². The molecule has 7 nitrogen and oxygen atoms in total. The number of rotatable bonds is 8. The molecule has 0 aromatic heterocycles. The zero-order valence-electron chi connectivity index (χ0n) is 18.5. The molecule has 1 N–H and O–H groups in total. The molecule has 0 aliphatic rings. The van der Waals surface area contributed by atoms with E-state index in [1.807, 2.05) is 30.3 Å². The molecule has 0 atom stereocenters. The first-order chi connectivity index (χ1) is 14.7. The van der Waals surface area contributed by atoms with Crippen LogP contribution >= 0.6 is 0 Å². The number of ether oxygens (including phenoxy) is 2. The lowest BCUT2D eigenvalue weighted by Gasteiger charge is -2.22. The van der Waals surface area contributed by atoms with Crippen molar-refractivity contribution in [2.75, 3.05) is 18.5 Å². The number of esters is 1. The monoisotopic (exact) mass is 426 g/mol. The van der Waals surface area contributed by atoms with E-state index in [-0.39, 0.29) is 25.5 Å². The molecular weight excluding hydrogens is 396 g/mol. The van der Waals surface area contributed by atoms with Gasteiger partial charge in [0.05, 0.1) is 13.0 Å². The second-order valence-corrected chi connectivity index (χ2v) is 8.04. The van der Waals surface area contributed by atoms with Crippen molar-refractivity contribution in [1.29, 1.82) is 0 Å². The van der Waals surface area contributed by atoms with Gasteiger partial charge in [-0.2, -0.15) is 0 Å². The average Bonchev–Trinajstić information content (AvgIpc) is 2.68. The van der Waals surface area contributed by atoms with Crippen LogP contribution in [0.25, 0.3) is 0 Å². The Kier molecular flexibility index (Phi) is 8.61. The van der Waals surface area contributed by atoms with E-state index in [0.717, 1.165) is 11.1 Å². The molecule has 0 aliphatic carbocycles. The number of hydrogen-bond donors (Lipinski definition) is 1. The molecule has 0 unspecified atom stereocenters. The summed E-state index contributed by atoms with van der Waals surface area (Å²) in [6.45, 7) is 7.57. The Bertz CT molecular complexity index is 873. The van der Waals surface area contributed by atoms with Gasteiger partial charge >= 0.3 is 12.1 Å². The fourth-order valence-corrected chi connectivity index (χ4v) is 2.81. The van der Waals surface area contributed by atoms with Gasteiger partial charge in [-0.25, -0.2) is 4.79 Å². The summed E-state index contributed by atoms with van der Waals surface area (Å²) in [5, 5.41) is 2.66. The number of benzene rings is 2. The lowest BCUT2D eigenvalue weighted by atomic mass is 10.1. The summed E-state index contributed by atoms with van der Waals surface area (Å²) in [5.74, 6) is -0.631. The maximum Gasteiger partial charge on any atom is 0.412 e. The number of anilines is 1. The van der Waals surface area contributed by atoms with Gasteiger partial charge in [0.1, 0.15) is 12.1 Å². The van der Waals surface area contributed by atoms with Gasteiger partial charge in [0.2, 0.25) is 5.91 Å². The molecule has 31 heavy (non-hydrogen) atoms. The number of carbonyl (C=O) groups excluding carboxylic acids is 3. The highest BCUT2D eigenvalue weighted by atomic mass is 16.6. The molecule has 2 aromatic carbocycles. The quantitative estimate of drug-likeness (QED) is 0.641. The van der Waals surface area contributed by atoms with Crippen molar-refractivity contribution in [3.8, 4) is 0 Å². The third-order valence-corrected chi connectivity index (χ3v) is 4.15. The summed E-state index contributed by atoms with van der Waals surface area (Å²) in [4.78, 5) is 38.2. The maximum atomic E-state index is 12.9. The molecule has 2 aromatic rings. The van der Waals surface area contributed by atoms with Crippen LogP contribution < -0.4 is 5.32 Å². The van der Waals surface area contributed by atoms with Crippen LogP contribution in [0.1, 0.15) is 38.8 Å². The number of hydrogen-bond acceptors (Lipinski definition) is 5. The van der Waals surface area contributed by atoms with Crippen LogP contribution in [-0.2, 0) is 32.0 Å². The van der Waals surface area contributed by atoms with Gasteiger partial charge < -0.3 is 14.4 Å². The maximum absolute atomic E-state index is 12.9. The van der Waals surface area contributed by atoms with E-state index < -0.39 is 17.7 Å². The molecule has 0 saturated heterocycles. The van der Waals surface area contributed by atoms with Crippen molar-refractivity contribution in [1.82, 2.24) is 4.90 Å². The lowest BCUT2D eigenvalue weighted by Crippen LogP contribution is -2.37. The van der Waals surface area contributed by atoms with Crippen LogP contribution in [0.4, 0.5) is 10.5 Å². The van der Waals surface area contributed by atoms with E-state index in [9.17, 15) is 14.4 Å². The summed E-state index contributed by atoms with van der Waals surface area (Å²) in [6, 6.07) is 16.4. The fourth-order valence-electron chi connectivity index (χ4n) is 2.81. The first kappa shape index (κ1) is 23.9. The zero-order chi connectivity index (χ0) is 22.9. The predicted molar refractivity (Wildman–Crippen MR) is 118 cm³/mol. The first-order valence-electron chi connectivity index (χ1n) is 10.2. The van der Waals surface area contributed by atoms with Gasteiger partial charge in [-0.3, -0.25) is 14.9 Å². The standard InChI is InChI=1S/C24H30N2O5/c1-5-30-22(28)17-26(16-19-9-7-6-8-10-19)21(27)15-18-11-13-20(14-12-18)25-23(29)31-24(2,3)4/h6-14H,5,15-17H2,1-4H3,(H,25,29). The number of nitrogens with zero attached hydrogens (tertiary/aromatic N) is 1. The smallest absolute Gasteiger partial charge is 0.412 e. The summed E-state index contributed by atoms with van der Waals surface area (Å²) >= 11 is 0. The van der Waals surface area contributed by atoms with E-state index in [1.165, 1.54) is 4.90 Å². The van der Waals surface area contributed by atoms with Crippen LogP contribution in [0.2, 0.25) is 0 Å². The van der Waals surface area contributed by atoms with E-state index in [0.29, 0.717) is 12.2 Å². The molecule has 0 saturated carbocycles. The minimum Gasteiger partial charge on any atom is -0.465 e. The number of nitrogens with one attached hydrogen (secondary N) is 1. The Balaban J connectivity index is 2.02. The van der Waals surface area contributed by atoms with Crippen LogP contribution in [0.3, 0.4) is 0 Å². The van der Waals surface area contributed by atoms with Crippen molar-refractivity contribution in [3.63, 3.8) is 0 Å². The highest BCUT2D eigenvalue weighted by Gasteiger charge is 2.19. The van der Waals surface area contributed by atoms with Crippen molar-refractivity contribution >= 4 is 23.7 Å². The van der Waals surface area contributed by atoms with Crippen LogP contribution in [-0.4, -0.2) is 41.6 Å². The topological polar surface area (TPSA) is 84.9 Å². The summed E-state index contributed by atoms with van der Waals surface area (Å²) in [6.07, 6.45) is -0.418. The largest absolute Gasteiger partial charge is 0.465 e. The van der Waals surface area contributed by atoms with E-state index >= 15 is 0 Å². The van der Waals surface area contributed by atoms with Gasteiger partial charge in [0.25, 0.3) is 0 Å². The summed E-state index contributed by atoms with van der Waals surface area (Å²) in [7, 11) is 0. The molecular formula is C24H30N2O5. The Labute approximate surface area is 183 Å². The Morgan fingerprint density at radius 3 is 2.16 bits per heavy atom. The molecule has 0 bridgehead atoms. The molecule has 166 valence electrons. The number of amides is 2. The molecule has 2 rings (SSSR count). The SMILES string of the molecule is CCOC(=O)CN(Cc1ccccc1)C(=O)Cc1ccc(NC(=O)OC(C)(C)C)cc1. The molecule has 0 aliphatic heterocycles.